The summed E-state index contributed by atoms with van der Waals surface area (Å²) in [7, 11) is 1.52. The van der Waals surface area contributed by atoms with Crippen LogP contribution < -0.4 is 25.0 Å². The normalized spacial score (nSPS) is 19.7. The number of likely N-dealkylation sites (tertiary alicyclic amines) is 1. The number of carbonyl (C=O) groups is 2. The van der Waals surface area contributed by atoms with Crippen molar-refractivity contribution in [3.05, 3.63) is 47.9 Å². The standard InChI is InChI=1S/C25H25FN6O5/c1-35-23-5-3-19-24(30-23)17(18(26)8-28-19)7-27-14-9-31(10-14)11-16-12-32(25(34)37-16)15-2-4-21-20(6-15)29-22(33)13-36-21/h2-6,8,14,16,27H,7,9-13H2,1H3,(H,29,33). The zero-order valence-corrected chi connectivity index (χ0v) is 20.1. The van der Waals surface area contributed by atoms with Crippen LogP contribution in [0.4, 0.5) is 20.6 Å². The molecule has 0 radical (unpaired) electrons. The summed E-state index contributed by atoms with van der Waals surface area (Å²) in [4.78, 5) is 36.3. The number of amides is 2. The van der Waals surface area contributed by atoms with Crippen LogP contribution in [0.25, 0.3) is 11.0 Å². The number of halogens is 1. The summed E-state index contributed by atoms with van der Waals surface area (Å²) in [5.41, 5.74) is 2.71. The van der Waals surface area contributed by atoms with Gasteiger partial charge in [-0.2, -0.15) is 0 Å². The van der Waals surface area contributed by atoms with Crippen LogP contribution >= 0.6 is 0 Å². The Morgan fingerprint density at radius 1 is 1.22 bits per heavy atom. The van der Waals surface area contributed by atoms with Crippen LogP contribution in [0, 0.1) is 5.82 Å². The number of rotatable bonds is 7. The lowest BCUT2D eigenvalue weighted by Gasteiger charge is -2.40. The molecule has 2 N–H and O–H groups in total. The van der Waals surface area contributed by atoms with E-state index in [0.29, 0.717) is 59.2 Å². The van der Waals surface area contributed by atoms with E-state index in [-0.39, 0.29) is 24.7 Å². The number of anilines is 2. The zero-order chi connectivity index (χ0) is 25.5. The van der Waals surface area contributed by atoms with Crippen molar-refractivity contribution in [3.63, 3.8) is 0 Å². The van der Waals surface area contributed by atoms with Crippen molar-refractivity contribution in [2.75, 3.05) is 50.1 Å². The van der Waals surface area contributed by atoms with Crippen LogP contribution in [0.3, 0.4) is 0 Å². The van der Waals surface area contributed by atoms with Gasteiger partial charge in [-0.1, -0.05) is 0 Å². The number of hydrogen-bond donors (Lipinski definition) is 2. The SMILES string of the molecule is COc1ccc2ncc(F)c(CNC3CN(CC4CN(c5ccc6c(c5)NC(=O)CO6)C(=O)O4)C3)c2n1. The Morgan fingerprint density at radius 2 is 2.08 bits per heavy atom. The van der Waals surface area contributed by atoms with Crippen molar-refractivity contribution in [2.45, 2.75) is 18.7 Å². The summed E-state index contributed by atoms with van der Waals surface area (Å²) in [6, 6.07) is 8.85. The molecule has 11 nitrogen and oxygen atoms in total. The third-order valence-electron chi connectivity index (χ3n) is 6.72. The van der Waals surface area contributed by atoms with Crippen molar-refractivity contribution in [1.29, 1.82) is 0 Å². The molecule has 12 heteroatoms. The van der Waals surface area contributed by atoms with Crippen molar-refractivity contribution >= 4 is 34.4 Å². The molecule has 0 spiro atoms. The second-order valence-electron chi connectivity index (χ2n) is 9.24. The molecule has 37 heavy (non-hydrogen) atoms. The Balaban J connectivity index is 1.02. The highest BCUT2D eigenvalue weighted by atomic mass is 19.1. The Labute approximate surface area is 211 Å². The fourth-order valence-electron chi connectivity index (χ4n) is 4.81. The zero-order valence-electron chi connectivity index (χ0n) is 20.1. The molecule has 0 bridgehead atoms. The molecule has 3 aliphatic rings. The Morgan fingerprint density at radius 3 is 2.92 bits per heavy atom. The van der Waals surface area contributed by atoms with Gasteiger partial charge in [-0.15, -0.1) is 0 Å². The molecule has 2 amide bonds. The van der Waals surface area contributed by atoms with Crippen LogP contribution in [-0.2, 0) is 16.1 Å². The van der Waals surface area contributed by atoms with E-state index in [9.17, 15) is 14.0 Å². The van der Waals surface area contributed by atoms with Crippen LogP contribution in [0.5, 0.6) is 11.6 Å². The number of fused-ring (bicyclic) bond motifs is 2. The second-order valence-corrected chi connectivity index (χ2v) is 9.24. The number of methoxy groups -OCH3 is 1. The third kappa shape index (κ3) is 4.60. The van der Waals surface area contributed by atoms with Gasteiger partial charge in [0.2, 0.25) is 5.88 Å². The molecule has 0 saturated carbocycles. The fraction of sp³-hybridized carbons (Fsp3) is 0.360. The molecule has 1 atom stereocenters. The summed E-state index contributed by atoms with van der Waals surface area (Å²) < 4.78 is 30.7. The molecule has 1 aromatic carbocycles. The average molecular weight is 509 g/mol. The van der Waals surface area contributed by atoms with Gasteiger partial charge in [-0.05, 0) is 24.3 Å². The predicted molar refractivity (Wildman–Crippen MR) is 131 cm³/mol. The van der Waals surface area contributed by atoms with Crippen molar-refractivity contribution < 1.29 is 28.2 Å². The van der Waals surface area contributed by atoms with E-state index < -0.39 is 11.9 Å². The molecule has 192 valence electrons. The first kappa shape index (κ1) is 23.4. The van der Waals surface area contributed by atoms with Gasteiger partial charge in [0.15, 0.2) is 6.61 Å². The highest BCUT2D eigenvalue weighted by Crippen LogP contribution is 2.33. The van der Waals surface area contributed by atoms with E-state index in [1.807, 2.05) is 0 Å². The maximum absolute atomic E-state index is 14.5. The lowest BCUT2D eigenvalue weighted by atomic mass is 10.1. The summed E-state index contributed by atoms with van der Waals surface area (Å²) in [6.45, 7) is 2.79. The number of nitrogens with one attached hydrogen (secondary N) is 2. The van der Waals surface area contributed by atoms with Crippen LogP contribution in [0.1, 0.15) is 5.56 Å². The van der Waals surface area contributed by atoms with Crippen molar-refractivity contribution in [2.24, 2.45) is 0 Å². The minimum Gasteiger partial charge on any atom is -0.482 e. The first-order valence-electron chi connectivity index (χ1n) is 12.0. The van der Waals surface area contributed by atoms with Crippen LogP contribution in [0.15, 0.2) is 36.5 Å². The lowest BCUT2D eigenvalue weighted by molar-refractivity contribution is -0.118. The van der Waals surface area contributed by atoms with Gasteiger partial charge in [0.25, 0.3) is 5.91 Å². The summed E-state index contributed by atoms with van der Waals surface area (Å²) in [5.74, 6) is 0.331. The first-order chi connectivity index (χ1) is 18.0. The first-order valence-corrected chi connectivity index (χ1v) is 12.0. The van der Waals surface area contributed by atoms with E-state index in [1.54, 1.807) is 35.2 Å². The van der Waals surface area contributed by atoms with Gasteiger partial charge < -0.3 is 24.8 Å². The Bertz CT molecular complexity index is 1380. The fourth-order valence-corrected chi connectivity index (χ4v) is 4.81. The average Bonchev–Trinajstić information content (AvgIpc) is 3.25. The minimum atomic E-state index is -0.425. The van der Waals surface area contributed by atoms with Gasteiger partial charge >= 0.3 is 6.09 Å². The maximum atomic E-state index is 14.5. The molecular formula is C25H25FN6O5. The second kappa shape index (κ2) is 9.45. The summed E-state index contributed by atoms with van der Waals surface area (Å²) in [5, 5.41) is 6.13. The minimum absolute atomic E-state index is 0.0222. The maximum Gasteiger partial charge on any atom is 0.414 e. The number of ether oxygens (including phenoxy) is 3. The summed E-state index contributed by atoms with van der Waals surface area (Å²) >= 11 is 0. The molecule has 0 aliphatic carbocycles. The molecule has 2 aromatic heterocycles. The molecule has 2 fully saturated rings. The molecule has 5 heterocycles. The largest absolute Gasteiger partial charge is 0.482 e. The number of hydrogen-bond acceptors (Lipinski definition) is 9. The number of benzene rings is 1. The van der Waals surface area contributed by atoms with E-state index in [1.165, 1.54) is 13.3 Å². The van der Waals surface area contributed by atoms with Crippen LogP contribution in [-0.4, -0.2) is 78.9 Å². The monoisotopic (exact) mass is 508 g/mol. The number of nitrogens with zero attached hydrogens (tertiary/aromatic N) is 4. The quantitative estimate of drug-likeness (QED) is 0.493. The predicted octanol–water partition coefficient (Wildman–Crippen LogP) is 1.91. The van der Waals surface area contributed by atoms with Gasteiger partial charge in [0, 0.05) is 49.5 Å². The highest BCUT2D eigenvalue weighted by Gasteiger charge is 2.37. The van der Waals surface area contributed by atoms with Gasteiger partial charge in [0.1, 0.15) is 23.2 Å². The smallest absolute Gasteiger partial charge is 0.414 e. The van der Waals surface area contributed by atoms with E-state index in [0.717, 1.165) is 13.1 Å². The van der Waals surface area contributed by atoms with Crippen LogP contribution in [0.2, 0.25) is 0 Å². The van der Waals surface area contributed by atoms with Gasteiger partial charge in [-0.3, -0.25) is 19.6 Å². The Kier molecular flexibility index (Phi) is 5.97. The number of aromatic nitrogens is 2. The molecule has 3 aromatic rings. The number of pyridine rings is 2. The summed E-state index contributed by atoms with van der Waals surface area (Å²) in [6.07, 6.45) is 0.504. The van der Waals surface area contributed by atoms with Crippen molar-refractivity contribution in [1.82, 2.24) is 20.2 Å². The number of carbonyl (C=O) groups excluding carboxylic acids is 2. The number of cyclic esters (lactones) is 1. The molecule has 6 rings (SSSR count). The topological polar surface area (TPSA) is 118 Å². The highest BCUT2D eigenvalue weighted by molar-refractivity contribution is 5.97. The van der Waals surface area contributed by atoms with Crippen molar-refractivity contribution in [3.8, 4) is 11.6 Å². The van der Waals surface area contributed by atoms with Gasteiger partial charge in [-0.25, -0.2) is 14.2 Å². The molecule has 3 aliphatic heterocycles. The third-order valence-corrected chi connectivity index (χ3v) is 6.72. The van der Waals surface area contributed by atoms with E-state index in [4.69, 9.17) is 14.2 Å². The lowest BCUT2D eigenvalue weighted by Crippen LogP contribution is -2.59. The van der Waals surface area contributed by atoms with E-state index in [2.05, 4.69) is 25.5 Å². The molecule has 1 unspecified atom stereocenters. The Hall–Kier alpha value is -4.03. The van der Waals surface area contributed by atoms with E-state index >= 15 is 0 Å². The molecule has 2 saturated heterocycles. The van der Waals surface area contributed by atoms with Gasteiger partial charge in [0.05, 0.1) is 31.1 Å². The molecular weight excluding hydrogens is 483 g/mol.